The van der Waals surface area contributed by atoms with Crippen LogP contribution >= 0.6 is 0 Å². The van der Waals surface area contributed by atoms with Crippen LogP contribution in [0.3, 0.4) is 0 Å². The molecule has 1 aromatic rings. The molecular formula is C45H59N3O9. The summed E-state index contributed by atoms with van der Waals surface area (Å²) in [6, 6.07) is 6.64. The first kappa shape index (κ1) is 37.2. The van der Waals surface area contributed by atoms with E-state index in [0.717, 1.165) is 56.1 Å². The summed E-state index contributed by atoms with van der Waals surface area (Å²) in [5.74, 6) is -0.0776. The SMILES string of the molecule is CC1(C)CC2C(=Cc3ccccc3CN3OC4C5OC(C6CC6)(C6CC6)OC5C5CC4(C(=O)N4CCCC4C(=O)NCCO)C3C(=O)O5)CCC3OC3(C)CCC21. The molecule has 10 aliphatic rings. The summed E-state index contributed by atoms with van der Waals surface area (Å²) in [7, 11) is 0. The van der Waals surface area contributed by atoms with Crippen LogP contribution in [0.1, 0.15) is 109 Å². The molecule has 308 valence electrons. The van der Waals surface area contributed by atoms with Gasteiger partial charge >= 0.3 is 5.97 Å². The van der Waals surface area contributed by atoms with Crippen LogP contribution < -0.4 is 5.32 Å². The minimum absolute atomic E-state index is 0.0107. The van der Waals surface area contributed by atoms with Gasteiger partial charge in [-0.2, -0.15) is 5.06 Å². The molecule has 0 spiro atoms. The van der Waals surface area contributed by atoms with E-state index in [2.05, 4.69) is 50.4 Å². The Labute approximate surface area is 335 Å². The summed E-state index contributed by atoms with van der Waals surface area (Å²) in [6.45, 7) is 7.70. The van der Waals surface area contributed by atoms with E-state index in [1.54, 1.807) is 9.96 Å². The Morgan fingerprint density at radius 1 is 0.965 bits per heavy atom. The highest BCUT2D eigenvalue weighted by atomic mass is 16.8. The van der Waals surface area contributed by atoms with Crippen molar-refractivity contribution in [3.05, 3.63) is 41.0 Å². The Bertz CT molecular complexity index is 1860. The molecule has 5 aliphatic heterocycles. The molecular weight excluding hydrogens is 727 g/mol. The number of hydroxylamine groups is 2. The Morgan fingerprint density at radius 2 is 1.74 bits per heavy atom. The number of aliphatic hydroxyl groups excluding tert-OH is 1. The summed E-state index contributed by atoms with van der Waals surface area (Å²) in [6.07, 6.45) is 11.1. The smallest absolute Gasteiger partial charge is 0.327 e. The number of nitrogens with one attached hydrogen (secondary N) is 1. The molecule has 2 amide bonds. The minimum atomic E-state index is -1.33. The van der Waals surface area contributed by atoms with Crippen molar-refractivity contribution >= 4 is 23.9 Å². The van der Waals surface area contributed by atoms with Crippen LogP contribution in [0.4, 0.5) is 0 Å². The number of fused-ring (bicyclic) bond motifs is 6. The fourth-order valence-electron chi connectivity index (χ4n) is 12.9. The van der Waals surface area contributed by atoms with Crippen molar-refractivity contribution in [3.8, 4) is 0 Å². The van der Waals surface area contributed by atoms with Gasteiger partial charge in [0.15, 0.2) is 11.8 Å². The third kappa shape index (κ3) is 5.70. The molecule has 11 unspecified atom stereocenters. The van der Waals surface area contributed by atoms with Gasteiger partial charge in [-0.05, 0) is 106 Å². The van der Waals surface area contributed by atoms with Crippen molar-refractivity contribution < 1.29 is 43.3 Å². The molecule has 2 N–H and O–H groups in total. The Morgan fingerprint density at radius 3 is 2.49 bits per heavy atom. The highest BCUT2D eigenvalue weighted by Gasteiger charge is 2.78. The number of epoxide rings is 1. The summed E-state index contributed by atoms with van der Waals surface area (Å²) < 4.78 is 26.7. The van der Waals surface area contributed by atoms with Crippen LogP contribution in [-0.2, 0) is 44.7 Å². The van der Waals surface area contributed by atoms with E-state index < -0.39 is 53.7 Å². The Hall–Kier alpha value is -2.87. The average Bonchev–Trinajstić information content (AvgIpc) is 4.16. The van der Waals surface area contributed by atoms with Crippen LogP contribution in [0, 0.1) is 34.5 Å². The highest BCUT2D eigenvalue weighted by Crippen LogP contribution is 2.65. The number of hydrogen-bond donors (Lipinski definition) is 2. The van der Waals surface area contributed by atoms with E-state index in [1.165, 1.54) is 18.4 Å². The number of carbonyl (C=O) groups is 3. The monoisotopic (exact) mass is 785 g/mol. The lowest BCUT2D eigenvalue weighted by atomic mass is 9.52. The summed E-state index contributed by atoms with van der Waals surface area (Å²) >= 11 is 0. The van der Waals surface area contributed by atoms with Crippen molar-refractivity contribution in [2.24, 2.45) is 34.5 Å². The molecule has 0 aromatic heterocycles. The average molecular weight is 786 g/mol. The number of hydrogen-bond acceptors (Lipinski definition) is 10. The number of likely N-dealkylation sites (tertiary alicyclic amines) is 1. The number of aliphatic hydroxyl groups is 1. The molecule has 5 heterocycles. The van der Waals surface area contributed by atoms with Crippen molar-refractivity contribution in [3.63, 3.8) is 0 Å². The fourth-order valence-corrected chi connectivity index (χ4v) is 12.9. The number of benzene rings is 1. The van der Waals surface area contributed by atoms with Crippen LogP contribution in [0.5, 0.6) is 0 Å². The van der Waals surface area contributed by atoms with E-state index in [4.69, 9.17) is 23.8 Å². The van der Waals surface area contributed by atoms with Crippen molar-refractivity contribution in [2.75, 3.05) is 19.7 Å². The van der Waals surface area contributed by atoms with Crippen LogP contribution in [0.25, 0.3) is 6.08 Å². The number of rotatable bonds is 9. The summed E-state index contributed by atoms with van der Waals surface area (Å²) in [5.41, 5.74) is 2.55. The third-order valence-electron chi connectivity index (χ3n) is 16.2. The zero-order valence-electron chi connectivity index (χ0n) is 33.7. The number of allylic oxidation sites excluding steroid dienone is 1. The molecule has 5 aliphatic carbocycles. The number of ether oxygens (including phenoxy) is 4. The lowest BCUT2D eigenvalue weighted by Gasteiger charge is -2.53. The number of amides is 2. The van der Waals surface area contributed by atoms with E-state index in [-0.39, 0.29) is 55.4 Å². The van der Waals surface area contributed by atoms with Gasteiger partial charge in [0.1, 0.15) is 35.9 Å². The van der Waals surface area contributed by atoms with Gasteiger partial charge < -0.3 is 34.3 Å². The number of nitrogens with zero attached hydrogens (tertiary/aromatic N) is 2. The lowest BCUT2D eigenvalue weighted by molar-refractivity contribution is -0.235. The zero-order valence-corrected chi connectivity index (χ0v) is 33.7. The molecule has 57 heavy (non-hydrogen) atoms. The molecule has 10 fully saturated rings. The van der Waals surface area contributed by atoms with Gasteiger partial charge in [-0.15, -0.1) is 0 Å². The molecule has 0 radical (unpaired) electrons. The van der Waals surface area contributed by atoms with Crippen molar-refractivity contribution in [1.82, 2.24) is 15.3 Å². The third-order valence-corrected chi connectivity index (χ3v) is 16.2. The highest BCUT2D eigenvalue weighted by molar-refractivity contribution is 5.96. The maximum atomic E-state index is 15.4. The van der Waals surface area contributed by atoms with Crippen LogP contribution in [0.15, 0.2) is 29.8 Å². The first-order valence-corrected chi connectivity index (χ1v) is 22.1. The predicted octanol–water partition coefficient (Wildman–Crippen LogP) is 4.66. The van der Waals surface area contributed by atoms with Gasteiger partial charge in [-0.25, -0.2) is 0 Å². The largest absolute Gasteiger partial charge is 0.458 e. The maximum Gasteiger partial charge on any atom is 0.327 e. The molecule has 12 heteroatoms. The summed E-state index contributed by atoms with van der Waals surface area (Å²) in [5, 5.41) is 13.9. The van der Waals surface area contributed by atoms with E-state index in [1.807, 2.05) is 6.07 Å². The van der Waals surface area contributed by atoms with E-state index >= 15 is 4.79 Å². The first-order chi connectivity index (χ1) is 27.5. The van der Waals surface area contributed by atoms with Gasteiger partial charge in [0.2, 0.25) is 11.8 Å². The van der Waals surface area contributed by atoms with Crippen molar-refractivity contribution in [2.45, 2.75) is 158 Å². The van der Waals surface area contributed by atoms with Crippen LogP contribution in [0.2, 0.25) is 0 Å². The lowest BCUT2D eigenvalue weighted by Crippen LogP contribution is -2.70. The maximum absolute atomic E-state index is 15.4. The van der Waals surface area contributed by atoms with Gasteiger partial charge in [0.05, 0.1) is 24.9 Å². The molecule has 5 saturated heterocycles. The Balaban J connectivity index is 0.949. The second-order valence-electron chi connectivity index (χ2n) is 20.1. The van der Waals surface area contributed by atoms with Crippen LogP contribution in [-0.4, -0.2) is 107 Å². The second kappa shape index (κ2) is 13.1. The van der Waals surface area contributed by atoms with Gasteiger partial charge in [-0.1, -0.05) is 49.8 Å². The number of esters is 1. The van der Waals surface area contributed by atoms with E-state index in [0.29, 0.717) is 42.7 Å². The van der Waals surface area contributed by atoms with Gasteiger partial charge in [0, 0.05) is 31.3 Å². The molecule has 12 nitrogen and oxygen atoms in total. The molecule has 1 aromatic carbocycles. The number of carbonyl (C=O) groups excluding carboxylic acids is 3. The van der Waals surface area contributed by atoms with Gasteiger partial charge in [-0.3, -0.25) is 19.2 Å². The van der Waals surface area contributed by atoms with Gasteiger partial charge in [0.25, 0.3) is 0 Å². The normalized spacial score (nSPS) is 43.2. The fraction of sp³-hybridized carbons (Fsp3) is 0.756. The van der Waals surface area contributed by atoms with Crippen molar-refractivity contribution in [1.29, 1.82) is 0 Å². The second-order valence-corrected chi connectivity index (χ2v) is 20.1. The van der Waals surface area contributed by atoms with E-state index in [9.17, 15) is 14.7 Å². The molecule has 11 atom stereocenters. The summed E-state index contributed by atoms with van der Waals surface area (Å²) in [4.78, 5) is 52.1. The Kier molecular flexibility index (Phi) is 8.51. The topological polar surface area (TPSA) is 139 Å². The molecule has 11 rings (SSSR count). The standard InChI is InChI=1S/C45H59N3O9/c1-42(2)22-30-26(10-15-34-43(3,54-34)17-16-31(30)42)21-25-7-4-5-8-27(25)24-48-37-40(51)53-33-23-44(37,41(52)47-19-6-9-32(47)39(50)46-18-20-49)38(57-48)36-35(33)55-45(56-36,28-11-12-28)29-13-14-29/h4-5,7-8,21,28-38,49H,6,9-20,22-24H2,1-3H3,(H,46,50). The zero-order chi connectivity index (χ0) is 39.1. The minimum Gasteiger partial charge on any atom is -0.458 e. The quantitative estimate of drug-likeness (QED) is 0.269. The molecule has 5 saturated carbocycles. The first-order valence-electron chi connectivity index (χ1n) is 22.1. The predicted molar refractivity (Wildman–Crippen MR) is 205 cm³/mol. The molecule has 2 bridgehead atoms.